The average Bonchev–Trinajstić information content (AvgIpc) is 2.85. The number of nitrogens with one attached hydrogen (secondary N) is 1. The quantitative estimate of drug-likeness (QED) is 0.921. The molecular formula is C16H26N4O. The van der Waals surface area contributed by atoms with E-state index in [1.165, 1.54) is 18.7 Å². The fourth-order valence-electron chi connectivity index (χ4n) is 3.28. The van der Waals surface area contributed by atoms with Crippen molar-refractivity contribution in [3.8, 4) is 0 Å². The Kier molecular flexibility index (Phi) is 4.48. The van der Waals surface area contributed by atoms with Gasteiger partial charge in [-0.1, -0.05) is 0 Å². The van der Waals surface area contributed by atoms with Crippen molar-refractivity contribution in [1.82, 2.24) is 15.1 Å². The van der Waals surface area contributed by atoms with E-state index < -0.39 is 0 Å². The number of hydrogen-bond acceptors (Lipinski definition) is 4. The molecule has 0 amide bonds. The van der Waals surface area contributed by atoms with Crippen LogP contribution in [-0.4, -0.2) is 41.6 Å². The topological polar surface area (TPSA) is 42.3 Å². The molecule has 3 rings (SSSR count). The first kappa shape index (κ1) is 14.4. The third-order valence-electron chi connectivity index (χ3n) is 4.38. The number of rotatable bonds is 4. The number of aryl methyl sites for hydroxylation is 2. The van der Waals surface area contributed by atoms with E-state index >= 15 is 0 Å². The smallest absolute Gasteiger partial charge is 0.126 e. The van der Waals surface area contributed by atoms with Crippen molar-refractivity contribution >= 4 is 5.82 Å². The lowest BCUT2D eigenvalue weighted by molar-refractivity contribution is 0.118. The summed E-state index contributed by atoms with van der Waals surface area (Å²) >= 11 is 0. The van der Waals surface area contributed by atoms with Crippen molar-refractivity contribution in [3.63, 3.8) is 0 Å². The molecule has 1 saturated heterocycles. The minimum Gasteiger partial charge on any atom is -0.497 e. The number of hydrogen-bond donors (Lipinski definition) is 1. The van der Waals surface area contributed by atoms with Crippen LogP contribution in [0.25, 0.3) is 0 Å². The second-order valence-electron chi connectivity index (χ2n) is 6.17. The number of allylic oxidation sites excluding steroid dienone is 1. The zero-order valence-electron chi connectivity index (χ0n) is 13.1. The van der Waals surface area contributed by atoms with Crippen molar-refractivity contribution in [1.29, 1.82) is 0 Å². The second-order valence-corrected chi connectivity index (χ2v) is 6.17. The van der Waals surface area contributed by atoms with Gasteiger partial charge in [0, 0.05) is 38.8 Å². The SMILES string of the molecule is Cc1cc(N2CCC[C@H](NC[C@@H]3CCC=CO3)C2)n(C)n1. The fraction of sp³-hybridized carbons (Fsp3) is 0.688. The summed E-state index contributed by atoms with van der Waals surface area (Å²) in [5.74, 6) is 1.23. The minimum absolute atomic E-state index is 0.337. The Hall–Kier alpha value is -1.49. The maximum atomic E-state index is 5.63. The number of nitrogens with zero attached hydrogens (tertiary/aromatic N) is 3. The Labute approximate surface area is 127 Å². The Morgan fingerprint density at radius 3 is 3.05 bits per heavy atom. The molecule has 21 heavy (non-hydrogen) atoms. The molecule has 1 aromatic heterocycles. The monoisotopic (exact) mass is 290 g/mol. The van der Waals surface area contributed by atoms with Gasteiger partial charge in [-0.3, -0.25) is 4.68 Å². The largest absolute Gasteiger partial charge is 0.497 e. The maximum Gasteiger partial charge on any atom is 0.126 e. The molecule has 0 radical (unpaired) electrons. The summed E-state index contributed by atoms with van der Waals surface area (Å²) in [6.07, 6.45) is 9.02. The van der Waals surface area contributed by atoms with Crippen LogP contribution >= 0.6 is 0 Å². The van der Waals surface area contributed by atoms with E-state index in [4.69, 9.17) is 4.74 Å². The summed E-state index contributed by atoms with van der Waals surface area (Å²) < 4.78 is 7.62. The minimum atomic E-state index is 0.337. The summed E-state index contributed by atoms with van der Waals surface area (Å²) in [7, 11) is 2.03. The van der Waals surface area contributed by atoms with E-state index in [0.717, 1.165) is 38.2 Å². The van der Waals surface area contributed by atoms with E-state index in [1.54, 1.807) is 0 Å². The van der Waals surface area contributed by atoms with Gasteiger partial charge < -0.3 is 15.0 Å². The van der Waals surface area contributed by atoms with Crippen molar-refractivity contribution < 1.29 is 4.74 Å². The van der Waals surface area contributed by atoms with E-state index in [1.807, 2.05) is 18.0 Å². The van der Waals surface area contributed by atoms with Crippen molar-refractivity contribution in [2.24, 2.45) is 7.05 Å². The first-order chi connectivity index (χ1) is 10.2. The van der Waals surface area contributed by atoms with Gasteiger partial charge >= 0.3 is 0 Å². The van der Waals surface area contributed by atoms with Gasteiger partial charge in [0.2, 0.25) is 0 Å². The van der Waals surface area contributed by atoms with Crippen LogP contribution in [0.1, 0.15) is 31.4 Å². The van der Waals surface area contributed by atoms with Crippen LogP contribution in [-0.2, 0) is 11.8 Å². The Balaban J connectivity index is 1.53. The van der Waals surface area contributed by atoms with Crippen LogP contribution < -0.4 is 10.2 Å². The first-order valence-electron chi connectivity index (χ1n) is 8.02. The molecule has 0 unspecified atom stereocenters. The zero-order valence-corrected chi connectivity index (χ0v) is 13.1. The molecule has 116 valence electrons. The van der Waals surface area contributed by atoms with Gasteiger partial charge in [0.25, 0.3) is 0 Å². The van der Waals surface area contributed by atoms with Crippen LogP contribution in [0.5, 0.6) is 0 Å². The summed E-state index contributed by atoms with van der Waals surface area (Å²) in [6.45, 7) is 5.19. The van der Waals surface area contributed by atoms with Gasteiger partial charge in [0.05, 0.1) is 12.0 Å². The predicted octanol–water partition coefficient (Wildman–Crippen LogP) is 1.98. The summed E-state index contributed by atoms with van der Waals surface area (Å²) in [6, 6.07) is 2.72. The average molecular weight is 290 g/mol. The van der Waals surface area contributed by atoms with E-state index in [-0.39, 0.29) is 0 Å². The number of aromatic nitrogens is 2. The highest BCUT2D eigenvalue weighted by Gasteiger charge is 2.23. The van der Waals surface area contributed by atoms with Crippen molar-refractivity contribution in [2.45, 2.75) is 44.8 Å². The number of piperidine rings is 1. The van der Waals surface area contributed by atoms with Gasteiger partial charge in [0.15, 0.2) is 0 Å². The number of anilines is 1. The van der Waals surface area contributed by atoms with Gasteiger partial charge in [-0.15, -0.1) is 0 Å². The lowest BCUT2D eigenvalue weighted by Gasteiger charge is -2.35. The van der Waals surface area contributed by atoms with Crippen LogP contribution in [0.4, 0.5) is 5.82 Å². The fourth-order valence-corrected chi connectivity index (χ4v) is 3.28. The van der Waals surface area contributed by atoms with E-state index in [9.17, 15) is 0 Å². The Bertz CT molecular complexity index is 496. The molecule has 0 saturated carbocycles. The lowest BCUT2D eigenvalue weighted by atomic mass is 10.0. The van der Waals surface area contributed by atoms with Gasteiger partial charge in [-0.25, -0.2) is 0 Å². The van der Waals surface area contributed by atoms with Crippen LogP contribution in [0.3, 0.4) is 0 Å². The van der Waals surface area contributed by atoms with Crippen molar-refractivity contribution in [3.05, 3.63) is 24.1 Å². The predicted molar refractivity (Wildman–Crippen MR) is 84.4 cm³/mol. The van der Waals surface area contributed by atoms with E-state index in [0.29, 0.717) is 12.1 Å². The molecular weight excluding hydrogens is 264 g/mol. The summed E-state index contributed by atoms with van der Waals surface area (Å²) in [5, 5.41) is 8.14. The summed E-state index contributed by atoms with van der Waals surface area (Å²) in [5.41, 5.74) is 1.09. The molecule has 1 N–H and O–H groups in total. The molecule has 1 fully saturated rings. The van der Waals surface area contributed by atoms with Gasteiger partial charge in [-0.2, -0.15) is 5.10 Å². The molecule has 0 bridgehead atoms. The van der Waals surface area contributed by atoms with Gasteiger partial charge in [0.1, 0.15) is 11.9 Å². The molecule has 5 nitrogen and oxygen atoms in total. The van der Waals surface area contributed by atoms with Crippen LogP contribution in [0.2, 0.25) is 0 Å². The molecule has 0 spiro atoms. The maximum absolute atomic E-state index is 5.63. The van der Waals surface area contributed by atoms with Crippen molar-refractivity contribution in [2.75, 3.05) is 24.5 Å². The molecule has 2 atom stereocenters. The highest BCUT2D eigenvalue weighted by Crippen LogP contribution is 2.20. The highest BCUT2D eigenvalue weighted by molar-refractivity contribution is 5.41. The summed E-state index contributed by atoms with van der Waals surface area (Å²) in [4.78, 5) is 2.45. The Morgan fingerprint density at radius 2 is 2.33 bits per heavy atom. The molecule has 0 aliphatic carbocycles. The molecule has 3 heterocycles. The lowest BCUT2D eigenvalue weighted by Crippen LogP contribution is -2.48. The Morgan fingerprint density at radius 1 is 1.43 bits per heavy atom. The molecule has 2 aliphatic rings. The molecule has 5 heteroatoms. The van der Waals surface area contributed by atoms with E-state index in [2.05, 4.69) is 34.4 Å². The second kappa shape index (κ2) is 6.52. The normalized spacial score (nSPS) is 25.9. The zero-order chi connectivity index (χ0) is 14.7. The first-order valence-corrected chi connectivity index (χ1v) is 8.02. The molecule has 0 aromatic carbocycles. The van der Waals surface area contributed by atoms with Gasteiger partial charge in [-0.05, 0) is 38.7 Å². The molecule has 1 aromatic rings. The third kappa shape index (κ3) is 3.59. The highest BCUT2D eigenvalue weighted by atomic mass is 16.5. The standard InChI is InChI=1S/C16H26N4O/c1-13-10-16(19(2)18-13)20-8-5-6-14(12-20)17-11-15-7-3-4-9-21-15/h4,9-10,14-15,17H,3,5-8,11-12H2,1-2H3/t14-,15-/m0/s1. The third-order valence-corrected chi connectivity index (χ3v) is 4.38. The van der Waals surface area contributed by atoms with Crippen LogP contribution in [0.15, 0.2) is 18.4 Å². The molecule has 2 aliphatic heterocycles. The van der Waals surface area contributed by atoms with Crippen LogP contribution in [0, 0.1) is 6.92 Å². The number of ether oxygens (including phenoxy) is 1.